The highest BCUT2D eigenvalue weighted by Crippen LogP contribution is 2.66. The Morgan fingerprint density at radius 1 is 1.25 bits per heavy atom. The number of hydrogen-bond donors (Lipinski definition) is 2. The van der Waals surface area contributed by atoms with Gasteiger partial charge in [-0.05, 0) is 56.3 Å². The van der Waals surface area contributed by atoms with Crippen LogP contribution in [0.3, 0.4) is 0 Å². The molecule has 108 valence electrons. The minimum atomic E-state index is 0.689. The summed E-state index contributed by atoms with van der Waals surface area (Å²) in [6.45, 7) is 5.18. The first-order chi connectivity index (χ1) is 9.78. The van der Waals surface area contributed by atoms with Crippen LogP contribution in [-0.2, 0) is 0 Å². The summed E-state index contributed by atoms with van der Waals surface area (Å²) in [5.41, 5.74) is 1.16. The fraction of sp³-hybridized carbons (Fsp3) is 0.750. The maximum Gasteiger partial charge on any atom is 0.224 e. The van der Waals surface area contributed by atoms with E-state index in [-0.39, 0.29) is 0 Å². The number of aromatic nitrogens is 2. The van der Waals surface area contributed by atoms with Gasteiger partial charge in [0.05, 0.1) is 0 Å². The third kappa shape index (κ3) is 1.88. The topological polar surface area (TPSA) is 49.8 Å². The fourth-order valence-electron chi connectivity index (χ4n) is 4.59. The Kier molecular flexibility index (Phi) is 2.86. The van der Waals surface area contributed by atoms with Crippen molar-refractivity contribution in [1.82, 2.24) is 9.97 Å². The van der Waals surface area contributed by atoms with E-state index in [1.54, 1.807) is 0 Å². The van der Waals surface area contributed by atoms with Gasteiger partial charge in [-0.15, -0.1) is 0 Å². The van der Waals surface area contributed by atoms with Crippen LogP contribution < -0.4 is 10.6 Å². The van der Waals surface area contributed by atoms with Gasteiger partial charge in [0.1, 0.15) is 5.82 Å². The molecular formula is C16H24N4. The van der Waals surface area contributed by atoms with Crippen LogP contribution in [0.15, 0.2) is 6.20 Å². The van der Waals surface area contributed by atoms with E-state index in [2.05, 4.69) is 34.4 Å². The number of fused-ring (bicyclic) bond motifs is 5. The van der Waals surface area contributed by atoms with Gasteiger partial charge in [-0.25, -0.2) is 4.98 Å². The summed E-state index contributed by atoms with van der Waals surface area (Å²) in [6, 6.07) is 0.689. The smallest absolute Gasteiger partial charge is 0.224 e. The average molecular weight is 272 g/mol. The van der Waals surface area contributed by atoms with Crippen LogP contribution in [0.2, 0.25) is 0 Å². The molecule has 3 saturated carbocycles. The van der Waals surface area contributed by atoms with Crippen molar-refractivity contribution in [2.24, 2.45) is 23.7 Å². The summed E-state index contributed by atoms with van der Waals surface area (Å²) in [5, 5.41) is 6.99. The zero-order valence-electron chi connectivity index (χ0n) is 12.4. The van der Waals surface area contributed by atoms with E-state index in [9.17, 15) is 0 Å². The molecule has 4 unspecified atom stereocenters. The van der Waals surface area contributed by atoms with Crippen LogP contribution in [0.1, 0.15) is 38.2 Å². The third-order valence-electron chi connectivity index (χ3n) is 5.54. The molecule has 4 heteroatoms. The van der Waals surface area contributed by atoms with Gasteiger partial charge in [0.25, 0.3) is 0 Å². The lowest BCUT2D eigenvalue weighted by Crippen LogP contribution is -2.15. The van der Waals surface area contributed by atoms with Crippen molar-refractivity contribution in [1.29, 1.82) is 0 Å². The lowest BCUT2D eigenvalue weighted by molar-refractivity contribution is 0.456. The molecule has 1 heterocycles. The van der Waals surface area contributed by atoms with Gasteiger partial charge < -0.3 is 10.6 Å². The van der Waals surface area contributed by atoms with Crippen LogP contribution in [0, 0.1) is 30.6 Å². The van der Waals surface area contributed by atoms with Crippen molar-refractivity contribution in [2.75, 3.05) is 17.2 Å². The molecule has 2 N–H and O–H groups in total. The average Bonchev–Trinajstić information content (AvgIpc) is 2.84. The van der Waals surface area contributed by atoms with Gasteiger partial charge in [-0.1, -0.05) is 6.92 Å². The number of nitrogens with zero attached hydrogens (tertiary/aromatic N) is 2. The van der Waals surface area contributed by atoms with Crippen LogP contribution in [-0.4, -0.2) is 22.6 Å². The molecule has 1 aromatic rings. The molecule has 3 aliphatic carbocycles. The largest absolute Gasteiger partial charge is 0.366 e. The molecule has 4 nitrogen and oxygen atoms in total. The van der Waals surface area contributed by atoms with E-state index in [0.717, 1.165) is 54.0 Å². The first kappa shape index (κ1) is 12.4. The summed E-state index contributed by atoms with van der Waals surface area (Å²) >= 11 is 0. The fourth-order valence-corrected chi connectivity index (χ4v) is 4.59. The van der Waals surface area contributed by atoms with Crippen molar-refractivity contribution >= 4 is 11.8 Å². The van der Waals surface area contributed by atoms with Crippen LogP contribution in [0.5, 0.6) is 0 Å². The van der Waals surface area contributed by atoms with E-state index in [1.165, 1.54) is 19.3 Å². The highest BCUT2D eigenvalue weighted by Gasteiger charge is 2.65. The van der Waals surface area contributed by atoms with Gasteiger partial charge >= 0.3 is 0 Å². The van der Waals surface area contributed by atoms with Crippen molar-refractivity contribution < 1.29 is 0 Å². The lowest BCUT2D eigenvalue weighted by Gasteiger charge is -2.14. The Hall–Kier alpha value is -1.32. The molecule has 3 fully saturated rings. The third-order valence-corrected chi connectivity index (χ3v) is 5.54. The lowest BCUT2D eigenvalue weighted by atomic mass is 10.0. The molecule has 0 amide bonds. The highest BCUT2D eigenvalue weighted by atomic mass is 15.2. The zero-order valence-corrected chi connectivity index (χ0v) is 12.4. The maximum atomic E-state index is 4.65. The highest BCUT2D eigenvalue weighted by molar-refractivity contribution is 5.49. The summed E-state index contributed by atoms with van der Waals surface area (Å²) in [5.74, 6) is 5.68. The van der Waals surface area contributed by atoms with Crippen LogP contribution >= 0.6 is 0 Å². The van der Waals surface area contributed by atoms with Gasteiger partial charge in [0.15, 0.2) is 0 Å². The molecule has 0 aliphatic heterocycles. The molecule has 1 aromatic heterocycles. The number of anilines is 2. The molecule has 20 heavy (non-hydrogen) atoms. The normalized spacial score (nSPS) is 36.8. The number of aryl methyl sites for hydroxylation is 1. The predicted molar refractivity (Wildman–Crippen MR) is 80.8 cm³/mol. The van der Waals surface area contributed by atoms with Crippen LogP contribution in [0.4, 0.5) is 11.8 Å². The van der Waals surface area contributed by atoms with E-state index in [1.807, 2.05) is 6.20 Å². The van der Waals surface area contributed by atoms with E-state index in [4.69, 9.17) is 0 Å². The molecule has 0 spiro atoms. The van der Waals surface area contributed by atoms with Gasteiger partial charge in [0.2, 0.25) is 5.95 Å². The molecule has 3 aliphatic rings. The van der Waals surface area contributed by atoms with Gasteiger partial charge in [-0.2, -0.15) is 4.98 Å². The molecule has 2 bridgehead atoms. The van der Waals surface area contributed by atoms with E-state index < -0.39 is 0 Å². The van der Waals surface area contributed by atoms with Gasteiger partial charge in [0, 0.05) is 24.3 Å². The van der Waals surface area contributed by atoms with E-state index in [0.29, 0.717) is 6.04 Å². The number of rotatable bonds is 5. The molecule has 0 saturated heterocycles. The Morgan fingerprint density at radius 2 is 2.00 bits per heavy atom. The zero-order chi connectivity index (χ0) is 13.7. The Morgan fingerprint density at radius 3 is 2.70 bits per heavy atom. The molecular weight excluding hydrogens is 248 g/mol. The second-order valence-corrected chi connectivity index (χ2v) is 6.81. The van der Waals surface area contributed by atoms with Crippen molar-refractivity contribution in [3.8, 4) is 0 Å². The quantitative estimate of drug-likeness (QED) is 0.865. The summed E-state index contributed by atoms with van der Waals surface area (Å²) < 4.78 is 0. The minimum Gasteiger partial charge on any atom is -0.366 e. The number of hydrogen-bond acceptors (Lipinski definition) is 4. The summed E-state index contributed by atoms with van der Waals surface area (Å²) in [4.78, 5) is 9.01. The minimum absolute atomic E-state index is 0.689. The Balaban J connectivity index is 1.46. The number of nitrogens with one attached hydrogen (secondary N) is 2. The van der Waals surface area contributed by atoms with Crippen molar-refractivity contribution in [3.63, 3.8) is 0 Å². The summed E-state index contributed by atoms with van der Waals surface area (Å²) in [6.07, 6.45) is 7.46. The van der Waals surface area contributed by atoms with Gasteiger partial charge in [-0.3, -0.25) is 0 Å². The first-order valence-electron chi connectivity index (χ1n) is 8.12. The molecule has 0 radical (unpaired) electrons. The maximum absolute atomic E-state index is 4.65. The monoisotopic (exact) mass is 272 g/mol. The second kappa shape index (κ2) is 4.61. The standard InChI is InChI=1S/C16H24N4/c1-3-6-17-16-18-8-9(2)15(20-16)19-14-12-10-4-5-11(7-10)13(12)14/h8,10-14H,3-7H2,1-2H3,(H2,17,18,19,20). The van der Waals surface area contributed by atoms with Crippen LogP contribution in [0.25, 0.3) is 0 Å². The molecule has 4 rings (SSSR count). The van der Waals surface area contributed by atoms with E-state index >= 15 is 0 Å². The molecule has 4 atom stereocenters. The SMILES string of the molecule is CCCNc1ncc(C)c(NC2C3C4CCC(C4)C23)n1. The first-order valence-corrected chi connectivity index (χ1v) is 8.12. The summed E-state index contributed by atoms with van der Waals surface area (Å²) in [7, 11) is 0. The predicted octanol–water partition coefficient (Wildman–Crippen LogP) is 3.06. The molecule has 0 aromatic carbocycles. The Labute approximate surface area is 120 Å². The second-order valence-electron chi connectivity index (χ2n) is 6.81. The van der Waals surface area contributed by atoms with Crippen molar-refractivity contribution in [3.05, 3.63) is 11.8 Å². The Bertz CT molecular complexity index is 499. The van der Waals surface area contributed by atoms with Crippen molar-refractivity contribution in [2.45, 2.75) is 45.6 Å².